The van der Waals surface area contributed by atoms with Crippen molar-refractivity contribution in [2.45, 2.75) is 11.8 Å². The minimum atomic E-state index is -3.91. The Morgan fingerprint density at radius 3 is 2.53 bits per heavy atom. The number of phenols is 1. The van der Waals surface area contributed by atoms with Crippen LogP contribution in [0.1, 0.15) is 17.3 Å². The third-order valence-corrected chi connectivity index (χ3v) is 6.89. The Morgan fingerprint density at radius 1 is 1.06 bits per heavy atom. The molecule has 4 aromatic rings. The molecule has 186 valence electrons. The van der Waals surface area contributed by atoms with Gasteiger partial charge in [0.25, 0.3) is 0 Å². The van der Waals surface area contributed by atoms with Gasteiger partial charge in [0.05, 0.1) is 17.7 Å². The number of pyridine rings is 2. The molecule has 12 heteroatoms. The van der Waals surface area contributed by atoms with E-state index in [2.05, 4.69) is 14.7 Å². The maximum Gasteiger partial charge on any atom is 0.419 e. The molecule has 11 nitrogen and oxygen atoms in total. The van der Waals surface area contributed by atoms with Crippen molar-refractivity contribution >= 4 is 49.6 Å². The van der Waals surface area contributed by atoms with Crippen molar-refractivity contribution < 1.29 is 32.6 Å². The van der Waals surface area contributed by atoms with E-state index < -0.39 is 27.8 Å². The summed E-state index contributed by atoms with van der Waals surface area (Å²) >= 11 is 0. The molecule has 0 fully saturated rings. The highest BCUT2D eigenvalue weighted by Crippen LogP contribution is 2.37. The molecule has 0 aliphatic rings. The quantitative estimate of drug-likeness (QED) is 0.373. The van der Waals surface area contributed by atoms with Crippen LogP contribution in [-0.2, 0) is 14.8 Å². The standard InChI is InChI=1S/C24H22N4O7S/c1-4-34-23(30)17-13-27-22-16(8-6-12-26-22)21(17)35-24(31)28(3)18-9-5-7-15-14(18)10-11-19(20(15)29)36(32,33)25-2/h5-13,25,29H,4H2,1-3H3. The maximum atomic E-state index is 13.2. The van der Waals surface area contributed by atoms with Crippen LogP contribution in [0.15, 0.2) is 59.8 Å². The van der Waals surface area contributed by atoms with Crippen LogP contribution in [0, 0.1) is 0 Å². The topological polar surface area (TPSA) is 148 Å². The summed E-state index contributed by atoms with van der Waals surface area (Å²) in [7, 11) is -1.23. The molecule has 0 saturated heterocycles. The van der Waals surface area contributed by atoms with Crippen LogP contribution in [0.25, 0.3) is 21.8 Å². The number of amides is 1. The predicted octanol–water partition coefficient (Wildman–Crippen LogP) is 3.21. The normalized spacial score (nSPS) is 11.4. The molecule has 2 aromatic carbocycles. The number of nitrogens with one attached hydrogen (secondary N) is 1. The number of benzene rings is 2. The number of anilines is 1. The van der Waals surface area contributed by atoms with Gasteiger partial charge in [0.2, 0.25) is 10.0 Å². The summed E-state index contributed by atoms with van der Waals surface area (Å²) in [4.78, 5) is 34.9. The van der Waals surface area contributed by atoms with Gasteiger partial charge in [-0.1, -0.05) is 18.2 Å². The number of hydrogen-bond donors (Lipinski definition) is 2. The molecular formula is C24H22N4O7S. The van der Waals surface area contributed by atoms with E-state index in [1.54, 1.807) is 31.2 Å². The van der Waals surface area contributed by atoms with Gasteiger partial charge in [0, 0.05) is 30.2 Å². The third kappa shape index (κ3) is 4.39. The Labute approximate surface area is 206 Å². The molecule has 0 spiro atoms. The summed E-state index contributed by atoms with van der Waals surface area (Å²) in [6.07, 6.45) is 1.90. The molecule has 0 bridgehead atoms. The minimum absolute atomic E-state index is 0.0448. The Morgan fingerprint density at radius 2 is 1.81 bits per heavy atom. The van der Waals surface area contributed by atoms with Gasteiger partial charge in [-0.3, -0.25) is 4.90 Å². The Balaban J connectivity index is 1.77. The number of aromatic hydroxyl groups is 1. The second kappa shape index (κ2) is 9.76. The van der Waals surface area contributed by atoms with Gasteiger partial charge in [0.1, 0.15) is 16.2 Å². The van der Waals surface area contributed by atoms with E-state index in [0.717, 1.165) is 0 Å². The zero-order valence-corrected chi connectivity index (χ0v) is 20.4. The smallest absolute Gasteiger partial charge is 0.419 e. The van der Waals surface area contributed by atoms with Crippen LogP contribution in [0.5, 0.6) is 11.5 Å². The Bertz CT molecular complexity index is 1610. The van der Waals surface area contributed by atoms with E-state index in [1.807, 2.05) is 0 Å². The lowest BCUT2D eigenvalue weighted by Crippen LogP contribution is -2.30. The van der Waals surface area contributed by atoms with Crippen LogP contribution in [0.3, 0.4) is 0 Å². The number of sulfonamides is 1. The van der Waals surface area contributed by atoms with Crippen molar-refractivity contribution in [3.05, 3.63) is 60.4 Å². The van der Waals surface area contributed by atoms with Crippen molar-refractivity contribution in [2.75, 3.05) is 25.6 Å². The van der Waals surface area contributed by atoms with Crippen LogP contribution < -0.4 is 14.4 Å². The first-order valence-corrected chi connectivity index (χ1v) is 12.2. The van der Waals surface area contributed by atoms with Crippen molar-refractivity contribution in [2.24, 2.45) is 0 Å². The molecule has 1 amide bonds. The molecule has 0 aliphatic carbocycles. The average molecular weight is 511 g/mol. The molecule has 2 heterocycles. The van der Waals surface area contributed by atoms with E-state index in [0.29, 0.717) is 16.5 Å². The zero-order chi connectivity index (χ0) is 26.0. The third-order valence-electron chi connectivity index (χ3n) is 5.44. The second-order valence-electron chi connectivity index (χ2n) is 7.52. The lowest BCUT2D eigenvalue weighted by atomic mass is 10.1. The minimum Gasteiger partial charge on any atom is -0.506 e. The van der Waals surface area contributed by atoms with Crippen LogP contribution >= 0.6 is 0 Å². The lowest BCUT2D eigenvalue weighted by molar-refractivity contribution is 0.0523. The summed E-state index contributed by atoms with van der Waals surface area (Å²) < 4.78 is 37.4. The zero-order valence-electron chi connectivity index (χ0n) is 19.5. The number of phenolic OH excluding ortho intramolecular Hbond substituents is 1. The fourth-order valence-corrected chi connectivity index (χ4v) is 4.48. The van der Waals surface area contributed by atoms with Crippen LogP contribution in [-0.4, -0.2) is 56.3 Å². The highest BCUT2D eigenvalue weighted by molar-refractivity contribution is 7.89. The second-order valence-corrected chi connectivity index (χ2v) is 9.37. The molecule has 2 N–H and O–H groups in total. The van der Waals surface area contributed by atoms with Gasteiger partial charge in [-0.25, -0.2) is 32.7 Å². The van der Waals surface area contributed by atoms with Gasteiger partial charge in [0.15, 0.2) is 11.4 Å². The van der Waals surface area contributed by atoms with E-state index >= 15 is 0 Å². The van der Waals surface area contributed by atoms with E-state index in [1.165, 1.54) is 49.6 Å². The molecule has 2 aromatic heterocycles. The molecule has 36 heavy (non-hydrogen) atoms. The van der Waals surface area contributed by atoms with Crippen molar-refractivity contribution in [1.29, 1.82) is 0 Å². The number of aromatic nitrogens is 2. The lowest BCUT2D eigenvalue weighted by Gasteiger charge is -2.21. The summed E-state index contributed by atoms with van der Waals surface area (Å²) in [5, 5.41) is 11.6. The monoisotopic (exact) mass is 510 g/mol. The highest BCUT2D eigenvalue weighted by Gasteiger charge is 2.25. The first-order chi connectivity index (χ1) is 17.2. The number of rotatable bonds is 6. The largest absolute Gasteiger partial charge is 0.506 e. The average Bonchev–Trinajstić information content (AvgIpc) is 2.88. The van der Waals surface area contributed by atoms with Crippen molar-refractivity contribution in [1.82, 2.24) is 14.7 Å². The molecular weight excluding hydrogens is 488 g/mol. The van der Waals surface area contributed by atoms with Crippen LogP contribution in [0.2, 0.25) is 0 Å². The van der Waals surface area contributed by atoms with Gasteiger partial charge in [-0.05, 0) is 38.2 Å². The van der Waals surface area contributed by atoms with Gasteiger partial charge in [-0.2, -0.15) is 0 Å². The van der Waals surface area contributed by atoms with Gasteiger partial charge >= 0.3 is 12.1 Å². The molecule has 0 saturated carbocycles. The summed E-state index contributed by atoms with van der Waals surface area (Å²) in [5.74, 6) is -1.23. The molecule has 0 unspecified atom stereocenters. The van der Waals surface area contributed by atoms with Crippen LogP contribution in [0.4, 0.5) is 10.5 Å². The first kappa shape index (κ1) is 24.8. The molecule has 0 aliphatic heterocycles. The predicted molar refractivity (Wildman–Crippen MR) is 132 cm³/mol. The molecule has 0 atom stereocenters. The summed E-state index contributed by atoms with van der Waals surface area (Å²) in [5.41, 5.74) is 0.552. The van der Waals surface area contributed by atoms with Gasteiger partial charge < -0.3 is 14.6 Å². The maximum absolute atomic E-state index is 13.2. The van der Waals surface area contributed by atoms with E-state index in [-0.39, 0.29) is 33.8 Å². The Hall–Kier alpha value is -4.29. The molecule has 0 radical (unpaired) electrons. The summed E-state index contributed by atoms with van der Waals surface area (Å²) in [6, 6.07) is 10.6. The van der Waals surface area contributed by atoms with Crippen molar-refractivity contribution in [3.8, 4) is 11.5 Å². The van der Waals surface area contributed by atoms with Crippen molar-refractivity contribution in [3.63, 3.8) is 0 Å². The number of esters is 1. The van der Waals surface area contributed by atoms with E-state index in [9.17, 15) is 23.1 Å². The number of ether oxygens (including phenoxy) is 2. The number of carbonyl (C=O) groups is 2. The molecule has 4 rings (SSSR count). The summed E-state index contributed by atoms with van der Waals surface area (Å²) in [6.45, 7) is 1.76. The highest BCUT2D eigenvalue weighted by atomic mass is 32.2. The number of nitrogens with zero attached hydrogens (tertiary/aromatic N) is 3. The fraction of sp³-hybridized carbons (Fsp3) is 0.167. The van der Waals surface area contributed by atoms with Gasteiger partial charge in [-0.15, -0.1) is 0 Å². The fourth-order valence-electron chi connectivity index (χ4n) is 3.65. The number of hydrogen-bond acceptors (Lipinski definition) is 9. The number of carbonyl (C=O) groups excluding carboxylic acids is 2. The SMILES string of the molecule is CCOC(=O)c1cnc2ncccc2c1OC(=O)N(C)c1cccc2c(O)c(S(=O)(=O)NC)ccc12. The first-order valence-electron chi connectivity index (χ1n) is 10.7. The Kier molecular flexibility index (Phi) is 6.73. The number of fused-ring (bicyclic) bond motifs is 2. The van der Waals surface area contributed by atoms with E-state index in [4.69, 9.17) is 9.47 Å².